The minimum atomic E-state index is -1.88. The lowest BCUT2D eigenvalue weighted by molar-refractivity contribution is -0.274. The van der Waals surface area contributed by atoms with E-state index in [2.05, 4.69) is 25.3 Å². The first kappa shape index (κ1) is 25.4. The van der Waals surface area contributed by atoms with E-state index in [-0.39, 0.29) is 42.9 Å². The third kappa shape index (κ3) is 5.24. The summed E-state index contributed by atoms with van der Waals surface area (Å²) in [6.45, 7) is 6.23. The third-order valence-corrected chi connectivity index (χ3v) is 5.72. The number of carbonyl (C=O) groups is 1. The third-order valence-electron chi connectivity index (χ3n) is 5.72. The smallest absolute Gasteiger partial charge is 0.317 e. The number of aromatic nitrogens is 5. The average molecular weight is 519 g/mol. The summed E-state index contributed by atoms with van der Waals surface area (Å²) in [7, 11) is 0. The molecule has 1 fully saturated rings. The van der Waals surface area contributed by atoms with Gasteiger partial charge < -0.3 is 24.5 Å². The van der Waals surface area contributed by atoms with Crippen LogP contribution in [0.1, 0.15) is 26.6 Å². The highest BCUT2D eigenvalue weighted by Crippen LogP contribution is 2.37. The Labute approximate surface area is 218 Å². The Balaban J connectivity index is 1.63. The largest absolute Gasteiger partial charge is 0.461 e. The van der Waals surface area contributed by atoms with Gasteiger partial charge in [-0.2, -0.15) is 4.98 Å². The summed E-state index contributed by atoms with van der Waals surface area (Å²) in [6.07, 6.45) is 4.55. The van der Waals surface area contributed by atoms with Gasteiger partial charge in [0.05, 0.1) is 48.3 Å². The first-order valence-corrected chi connectivity index (χ1v) is 12.2. The molecule has 0 atom stereocenters. The second kappa shape index (κ2) is 10.6. The Morgan fingerprint density at radius 1 is 1.13 bits per heavy atom. The zero-order valence-corrected chi connectivity index (χ0v) is 21.1. The highest BCUT2D eigenvalue weighted by atomic mass is 19.1. The number of ether oxygens (including phenoxy) is 3. The number of amides is 1. The molecule has 0 unspecified atom stereocenters. The number of carbonyl (C=O) groups excluding carboxylic acids is 1. The molecule has 196 valence electrons. The Morgan fingerprint density at radius 3 is 2.58 bits per heavy atom. The summed E-state index contributed by atoms with van der Waals surface area (Å²) in [6, 6.07) is 11.1. The van der Waals surface area contributed by atoms with Gasteiger partial charge in [0.15, 0.2) is 5.82 Å². The fourth-order valence-electron chi connectivity index (χ4n) is 3.91. The fraction of sp³-hybridized carbons (Fsp3) is 0.296. The molecule has 11 heteroatoms. The van der Waals surface area contributed by atoms with E-state index >= 15 is 0 Å². The van der Waals surface area contributed by atoms with Crippen molar-refractivity contribution in [3.05, 3.63) is 72.7 Å². The SMILES string of the molecule is CC1COC(C(=O)Nc2cccnc2)(c2nc(-c3ccc(F)cc3)c(-c3ccnc(OC(C)C)n3)[nH]2)OC1. The summed E-state index contributed by atoms with van der Waals surface area (Å²) in [4.78, 5) is 34.4. The second-order valence-corrected chi connectivity index (χ2v) is 9.25. The molecule has 38 heavy (non-hydrogen) atoms. The second-order valence-electron chi connectivity index (χ2n) is 9.25. The maximum atomic E-state index is 13.7. The normalized spacial score (nSPS) is 19.3. The van der Waals surface area contributed by atoms with Crippen LogP contribution in [0.4, 0.5) is 10.1 Å². The van der Waals surface area contributed by atoms with Gasteiger partial charge in [-0.1, -0.05) is 6.92 Å². The molecule has 1 aromatic carbocycles. The monoisotopic (exact) mass is 518 g/mol. The quantitative estimate of drug-likeness (QED) is 0.371. The number of aromatic amines is 1. The van der Waals surface area contributed by atoms with Crippen molar-refractivity contribution in [1.82, 2.24) is 24.9 Å². The fourth-order valence-corrected chi connectivity index (χ4v) is 3.91. The van der Waals surface area contributed by atoms with Crippen molar-refractivity contribution >= 4 is 11.6 Å². The molecule has 10 nitrogen and oxygen atoms in total. The van der Waals surface area contributed by atoms with Crippen molar-refractivity contribution in [3.63, 3.8) is 0 Å². The molecule has 0 saturated carbocycles. The molecule has 1 aliphatic rings. The maximum Gasteiger partial charge on any atom is 0.317 e. The molecule has 4 heterocycles. The van der Waals surface area contributed by atoms with Crippen LogP contribution in [-0.2, 0) is 20.1 Å². The number of pyridine rings is 1. The number of H-pyrrole nitrogens is 1. The van der Waals surface area contributed by atoms with Gasteiger partial charge in [-0.3, -0.25) is 9.78 Å². The van der Waals surface area contributed by atoms with E-state index in [0.717, 1.165) is 0 Å². The molecule has 1 aliphatic heterocycles. The van der Waals surface area contributed by atoms with Crippen LogP contribution < -0.4 is 10.1 Å². The number of hydrogen-bond acceptors (Lipinski definition) is 8. The number of rotatable bonds is 7. The van der Waals surface area contributed by atoms with Crippen molar-refractivity contribution in [2.75, 3.05) is 18.5 Å². The van der Waals surface area contributed by atoms with E-state index in [9.17, 15) is 9.18 Å². The average Bonchev–Trinajstić information content (AvgIpc) is 3.36. The van der Waals surface area contributed by atoms with Gasteiger partial charge in [0.2, 0.25) is 0 Å². The number of anilines is 1. The molecule has 3 aromatic heterocycles. The van der Waals surface area contributed by atoms with E-state index < -0.39 is 11.7 Å². The zero-order chi connectivity index (χ0) is 26.7. The maximum absolute atomic E-state index is 13.7. The van der Waals surface area contributed by atoms with E-state index in [4.69, 9.17) is 19.2 Å². The van der Waals surface area contributed by atoms with Crippen molar-refractivity contribution in [1.29, 1.82) is 0 Å². The number of benzene rings is 1. The summed E-state index contributed by atoms with van der Waals surface area (Å²) in [5, 5.41) is 2.81. The van der Waals surface area contributed by atoms with Crippen LogP contribution >= 0.6 is 0 Å². The first-order chi connectivity index (χ1) is 18.3. The molecule has 5 rings (SSSR count). The predicted octanol–water partition coefficient (Wildman–Crippen LogP) is 4.33. The van der Waals surface area contributed by atoms with Crippen LogP contribution in [0, 0.1) is 11.7 Å². The van der Waals surface area contributed by atoms with Gasteiger partial charge in [-0.15, -0.1) is 0 Å². The number of nitrogens with one attached hydrogen (secondary N) is 2. The van der Waals surface area contributed by atoms with Gasteiger partial charge in [-0.05, 0) is 56.3 Å². The number of imidazole rings is 1. The van der Waals surface area contributed by atoms with Crippen molar-refractivity contribution in [2.24, 2.45) is 5.92 Å². The first-order valence-electron chi connectivity index (χ1n) is 12.2. The molecule has 0 aliphatic carbocycles. The molecule has 1 amide bonds. The standard InChI is InChI=1S/C27H27FN6O4/c1-16(2)38-26-30-12-10-21(32-26)23-22(18-6-8-19(28)9-7-18)33-24(34-23)27(36-14-17(3)15-37-27)25(35)31-20-5-4-11-29-13-20/h4-13,16-17H,14-15H2,1-3H3,(H,31,35)(H,33,34). The molecule has 2 N–H and O–H groups in total. The van der Waals surface area contributed by atoms with Gasteiger partial charge in [-0.25, -0.2) is 14.4 Å². The zero-order valence-electron chi connectivity index (χ0n) is 21.1. The molecule has 4 aromatic rings. The highest BCUT2D eigenvalue weighted by molar-refractivity contribution is 5.96. The van der Waals surface area contributed by atoms with Crippen LogP contribution in [0.15, 0.2) is 61.1 Å². The Kier molecular flexibility index (Phi) is 7.12. The molecular formula is C27H27FN6O4. The van der Waals surface area contributed by atoms with Gasteiger partial charge in [0.25, 0.3) is 5.91 Å². The molecular weight excluding hydrogens is 491 g/mol. The molecule has 1 saturated heterocycles. The summed E-state index contributed by atoms with van der Waals surface area (Å²) < 4.78 is 31.6. The van der Waals surface area contributed by atoms with Gasteiger partial charge >= 0.3 is 11.8 Å². The predicted molar refractivity (Wildman–Crippen MR) is 136 cm³/mol. The van der Waals surface area contributed by atoms with Gasteiger partial charge in [0, 0.05) is 23.9 Å². The van der Waals surface area contributed by atoms with Crippen LogP contribution in [0.2, 0.25) is 0 Å². The lowest BCUT2D eigenvalue weighted by Gasteiger charge is -2.36. The molecule has 0 bridgehead atoms. The van der Waals surface area contributed by atoms with E-state index in [0.29, 0.717) is 28.3 Å². The lowest BCUT2D eigenvalue weighted by atomic mass is 10.1. The van der Waals surface area contributed by atoms with Crippen molar-refractivity contribution in [3.8, 4) is 28.7 Å². The highest BCUT2D eigenvalue weighted by Gasteiger charge is 2.49. The summed E-state index contributed by atoms with van der Waals surface area (Å²) in [5.74, 6) is -2.65. The Morgan fingerprint density at radius 2 is 1.89 bits per heavy atom. The number of hydrogen-bond donors (Lipinski definition) is 2. The Hall–Kier alpha value is -4.22. The summed E-state index contributed by atoms with van der Waals surface area (Å²) >= 11 is 0. The topological polar surface area (TPSA) is 124 Å². The summed E-state index contributed by atoms with van der Waals surface area (Å²) in [5.41, 5.74) is 2.41. The minimum Gasteiger partial charge on any atom is -0.461 e. The molecule has 0 radical (unpaired) electrons. The number of nitrogens with zero attached hydrogens (tertiary/aromatic N) is 4. The van der Waals surface area contributed by atoms with Gasteiger partial charge in [0.1, 0.15) is 5.82 Å². The number of halogens is 1. The Bertz CT molecular complexity index is 1400. The van der Waals surface area contributed by atoms with E-state index in [1.807, 2.05) is 20.8 Å². The van der Waals surface area contributed by atoms with Crippen LogP contribution in [0.3, 0.4) is 0 Å². The van der Waals surface area contributed by atoms with Crippen LogP contribution in [0.5, 0.6) is 6.01 Å². The van der Waals surface area contributed by atoms with Crippen molar-refractivity contribution in [2.45, 2.75) is 32.7 Å². The van der Waals surface area contributed by atoms with Crippen molar-refractivity contribution < 1.29 is 23.4 Å². The van der Waals surface area contributed by atoms with Crippen LogP contribution in [0.25, 0.3) is 22.6 Å². The van der Waals surface area contributed by atoms with Crippen LogP contribution in [-0.4, -0.2) is 50.1 Å². The van der Waals surface area contributed by atoms with E-state index in [1.165, 1.54) is 18.3 Å². The lowest BCUT2D eigenvalue weighted by Crippen LogP contribution is -2.50. The van der Waals surface area contributed by atoms with E-state index in [1.54, 1.807) is 42.7 Å². The molecule has 0 spiro atoms. The minimum absolute atomic E-state index is 0.0675.